The number of pyridine rings is 1. The van der Waals surface area contributed by atoms with Crippen LogP contribution in [0.3, 0.4) is 0 Å². The van der Waals surface area contributed by atoms with Crippen LogP contribution < -0.4 is 9.62 Å². The van der Waals surface area contributed by atoms with E-state index in [1.54, 1.807) is 31.5 Å². The van der Waals surface area contributed by atoms with Crippen LogP contribution in [-0.2, 0) is 14.8 Å². The van der Waals surface area contributed by atoms with Crippen molar-refractivity contribution in [1.82, 2.24) is 4.98 Å². The lowest BCUT2D eigenvalue weighted by molar-refractivity contribution is 0.0819. The third-order valence-corrected chi connectivity index (χ3v) is 5.57. The van der Waals surface area contributed by atoms with Crippen LogP contribution in [0.5, 0.6) is 0 Å². The van der Waals surface area contributed by atoms with Crippen molar-refractivity contribution in [1.29, 1.82) is 0 Å². The Balaban J connectivity index is 1.67. The Bertz CT molecular complexity index is 755. The van der Waals surface area contributed by atoms with Gasteiger partial charge < -0.3 is 9.64 Å². The Kier molecular flexibility index (Phi) is 5.01. The highest BCUT2D eigenvalue weighted by atomic mass is 32.2. The fourth-order valence-electron chi connectivity index (χ4n) is 2.81. The van der Waals surface area contributed by atoms with Crippen LogP contribution in [-0.4, -0.2) is 39.7 Å². The van der Waals surface area contributed by atoms with Crippen LogP contribution in [0.2, 0.25) is 0 Å². The summed E-state index contributed by atoms with van der Waals surface area (Å²) in [6, 6.07) is 10.6. The number of hydrogen-bond acceptors (Lipinski definition) is 5. The lowest BCUT2D eigenvalue weighted by Crippen LogP contribution is -2.36. The standard InChI is InChI=1S/C17H21N3O3S/c1-23-16-8-11-20(12-9-16)15-6-4-14(5-7-15)19-24(21,22)17-3-2-10-18-13-17/h2-7,10,13,16,19H,8-9,11-12H2,1H3. The van der Waals surface area contributed by atoms with Gasteiger partial charge in [-0.1, -0.05) is 0 Å². The number of sulfonamides is 1. The molecule has 0 amide bonds. The van der Waals surface area contributed by atoms with Gasteiger partial charge in [0.1, 0.15) is 4.90 Å². The number of anilines is 2. The summed E-state index contributed by atoms with van der Waals surface area (Å²) in [5.41, 5.74) is 1.63. The summed E-state index contributed by atoms with van der Waals surface area (Å²) < 4.78 is 32.5. The minimum atomic E-state index is -3.60. The maximum atomic E-state index is 12.3. The van der Waals surface area contributed by atoms with Gasteiger partial charge in [0.05, 0.1) is 6.10 Å². The summed E-state index contributed by atoms with van der Waals surface area (Å²) in [7, 11) is -1.85. The maximum absolute atomic E-state index is 12.3. The van der Waals surface area contributed by atoms with Crippen LogP contribution in [0.25, 0.3) is 0 Å². The van der Waals surface area contributed by atoms with Gasteiger partial charge in [0.25, 0.3) is 10.0 Å². The van der Waals surface area contributed by atoms with Crippen molar-refractivity contribution < 1.29 is 13.2 Å². The molecule has 2 aromatic rings. The van der Waals surface area contributed by atoms with Crippen LogP contribution in [0.4, 0.5) is 11.4 Å². The summed E-state index contributed by atoms with van der Waals surface area (Å²) >= 11 is 0. The summed E-state index contributed by atoms with van der Waals surface area (Å²) in [4.78, 5) is 6.28. The normalized spacial score (nSPS) is 16.1. The molecule has 3 rings (SSSR count). The molecule has 0 aliphatic carbocycles. The number of nitrogens with one attached hydrogen (secondary N) is 1. The average Bonchev–Trinajstić information content (AvgIpc) is 2.63. The number of aromatic nitrogens is 1. The van der Waals surface area contributed by atoms with E-state index in [2.05, 4.69) is 14.6 Å². The fraction of sp³-hybridized carbons (Fsp3) is 0.353. The Morgan fingerprint density at radius 3 is 2.46 bits per heavy atom. The van der Waals surface area contributed by atoms with Crippen molar-refractivity contribution in [3.05, 3.63) is 48.8 Å². The van der Waals surface area contributed by atoms with Gasteiger partial charge >= 0.3 is 0 Å². The van der Waals surface area contributed by atoms with Crippen molar-refractivity contribution in [3.8, 4) is 0 Å². The first-order valence-electron chi connectivity index (χ1n) is 7.89. The molecule has 1 N–H and O–H groups in total. The van der Waals surface area contributed by atoms with E-state index >= 15 is 0 Å². The molecule has 0 radical (unpaired) electrons. The Morgan fingerprint density at radius 2 is 1.88 bits per heavy atom. The number of benzene rings is 1. The molecule has 0 unspecified atom stereocenters. The van der Waals surface area contributed by atoms with Crippen molar-refractivity contribution in [2.24, 2.45) is 0 Å². The monoisotopic (exact) mass is 347 g/mol. The predicted octanol–water partition coefficient (Wildman–Crippen LogP) is 2.50. The predicted molar refractivity (Wildman–Crippen MR) is 93.7 cm³/mol. The number of piperidine rings is 1. The molecule has 0 spiro atoms. The van der Waals surface area contributed by atoms with Crippen molar-refractivity contribution in [2.75, 3.05) is 29.8 Å². The quantitative estimate of drug-likeness (QED) is 0.900. The lowest BCUT2D eigenvalue weighted by atomic mass is 10.1. The van der Waals surface area contributed by atoms with E-state index in [1.165, 1.54) is 12.3 Å². The highest BCUT2D eigenvalue weighted by Crippen LogP contribution is 2.24. The van der Waals surface area contributed by atoms with Gasteiger partial charge in [-0.05, 0) is 49.2 Å². The Morgan fingerprint density at radius 1 is 1.17 bits per heavy atom. The molecule has 1 aliphatic heterocycles. The van der Waals surface area contributed by atoms with Gasteiger partial charge in [0.2, 0.25) is 0 Å². The van der Waals surface area contributed by atoms with Gasteiger partial charge in [-0.15, -0.1) is 0 Å². The molecule has 2 heterocycles. The van der Waals surface area contributed by atoms with Crippen LogP contribution in [0.15, 0.2) is 53.7 Å². The molecule has 6 nitrogen and oxygen atoms in total. The molecular formula is C17H21N3O3S. The van der Waals surface area contributed by atoms with Gasteiger partial charge in [-0.25, -0.2) is 8.42 Å². The molecule has 7 heteroatoms. The third kappa shape index (κ3) is 3.85. The van der Waals surface area contributed by atoms with E-state index in [9.17, 15) is 8.42 Å². The van der Waals surface area contributed by atoms with Crippen molar-refractivity contribution in [2.45, 2.75) is 23.8 Å². The molecule has 1 aromatic heterocycles. The summed E-state index contributed by atoms with van der Waals surface area (Å²) in [6.45, 7) is 1.89. The van der Waals surface area contributed by atoms with E-state index in [1.807, 2.05) is 12.1 Å². The minimum Gasteiger partial charge on any atom is -0.381 e. The third-order valence-electron chi connectivity index (χ3n) is 4.20. The molecule has 0 bridgehead atoms. The van der Waals surface area contributed by atoms with Gasteiger partial charge in [0.15, 0.2) is 0 Å². The van der Waals surface area contributed by atoms with Crippen LogP contribution >= 0.6 is 0 Å². The van der Waals surface area contributed by atoms with E-state index in [0.29, 0.717) is 11.8 Å². The van der Waals surface area contributed by atoms with E-state index < -0.39 is 10.0 Å². The number of methoxy groups -OCH3 is 1. The van der Waals surface area contributed by atoms with Gasteiger partial charge in [-0.2, -0.15) is 0 Å². The molecule has 0 saturated carbocycles. The van der Waals surface area contributed by atoms with E-state index in [0.717, 1.165) is 31.6 Å². The molecule has 0 atom stereocenters. The number of ether oxygens (including phenoxy) is 1. The summed E-state index contributed by atoms with van der Waals surface area (Å²) in [6.07, 6.45) is 5.22. The molecule has 128 valence electrons. The first kappa shape index (κ1) is 16.7. The smallest absolute Gasteiger partial charge is 0.263 e. The SMILES string of the molecule is COC1CCN(c2ccc(NS(=O)(=O)c3cccnc3)cc2)CC1. The highest BCUT2D eigenvalue weighted by molar-refractivity contribution is 7.92. The zero-order valence-corrected chi connectivity index (χ0v) is 14.4. The van der Waals surface area contributed by atoms with Gasteiger partial charge in [-0.3, -0.25) is 9.71 Å². The largest absolute Gasteiger partial charge is 0.381 e. The second-order valence-corrected chi connectivity index (χ2v) is 7.45. The second kappa shape index (κ2) is 7.19. The lowest BCUT2D eigenvalue weighted by Gasteiger charge is -2.33. The topological polar surface area (TPSA) is 71.5 Å². The maximum Gasteiger partial charge on any atom is 0.263 e. The van der Waals surface area contributed by atoms with E-state index in [4.69, 9.17) is 4.74 Å². The van der Waals surface area contributed by atoms with Crippen molar-refractivity contribution >= 4 is 21.4 Å². The second-order valence-electron chi connectivity index (χ2n) is 5.76. The number of hydrogen-bond donors (Lipinski definition) is 1. The zero-order chi connectivity index (χ0) is 17.0. The first-order chi connectivity index (χ1) is 11.6. The molecule has 1 aliphatic rings. The average molecular weight is 347 g/mol. The molecule has 1 saturated heterocycles. The number of rotatable bonds is 5. The molecular weight excluding hydrogens is 326 g/mol. The zero-order valence-electron chi connectivity index (χ0n) is 13.6. The highest BCUT2D eigenvalue weighted by Gasteiger charge is 2.19. The first-order valence-corrected chi connectivity index (χ1v) is 9.37. The summed E-state index contributed by atoms with van der Waals surface area (Å²) in [5, 5.41) is 0. The van der Waals surface area contributed by atoms with Crippen molar-refractivity contribution in [3.63, 3.8) is 0 Å². The summed E-state index contributed by atoms with van der Waals surface area (Å²) in [5.74, 6) is 0. The Labute approximate surface area is 142 Å². The molecule has 24 heavy (non-hydrogen) atoms. The van der Waals surface area contributed by atoms with E-state index in [-0.39, 0.29) is 4.90 Å². The van der Waals surface area contributed by atoms with Crippen LogP contribution in [0, 0.1) is 0 Å². The van der Waals surface area contributed by atoms with Gasteiger partial charge in [0, 0.05) is 44.0 Å². The molecule has 1 fully saturated rings. The molecule has 1 aromatic carbocycles. The van der Waals surface area contributed by atoms with Crippen LogP contribution in [0.1, 0.15) is 12.8 Å². The minimum absolute atomic E-state index is 0.149. The Hall–Kier alpha value is -2.12. The fourth-order valence-corrected chi connectivity index (χ4v) is 3.83. The number of nitrogens with zero attached hydrogens (tertiary/aromatic N) is 2.